The Morgan fingerprint density at radius 3 is 2.70 bits per heavy atom. The van der Waals surface area contributed by atoms with E-state index in [1.165, 1.54) is 25.9 Å². The Hall–Kier alpha value is -1.55. The average Bonchev–Trinajstić information content (AvgIpc) is 2.46. The van der Waals surface area contributed by atoms with E-state index in [0.29, 0.717) is 0 Å². The summed E-state index contributed by atoms with van der Waals surface area (Å²) in [5.41, 5.74) is 1.78. The quantitative estimate of drug-likeness (QED) is 0.914. The van der Waals surface area contributed by atoms with Gasteiger partial charge in [-0.3, -0.25) is 4.79 Å². The van der Waals surface area contributed by atoms with Crippen LogP contribution < -0.4 is 5.32 Å². The van der Waals surface area contributed by atoms with Gasteiger partial charge < -0.3 is 15.1 Å². The van der Waals surface area contributed by atoms with Gasteiger partial charge in [-0.15, -0.1) is 0 Å². The lowest BCUT2D eigenvalue weighted by Gasteiger charge is -2.29. The monoisotopic (exact) mass is 275 g/mol. The Balaban J connectivity index is 1.90. The first-order valence-electron chi connectivity index (χ1n) is 7.30. The van der Waals surface area contributed by atoms with E-state index in [9.17, 15) is 4.79 Å². The van der Waals surface area contributed by atoms with Crippen LogP contribution in [0.1, 0.15) is 23.2 Å². The van der Waals surface area contributed by atoms with Crippen molar-refractivity contribution in [1.82, 2.24) is 9.80 Å². The minimum absolute atomic E-state index is 0.0490. The fourth-order valence-corrected chi connectivity index (χ4v) is 2.55. The summed E-state index contributed by atoms with van der Waals surface area (Å²) in [5.74, 6) is 0.785. The summed E-state index contributed by atoms with van der Waals surface area (Å²) in [4.78, 5) is 15.9. The van der Waals surface area contributed by atoms with Crippen LogP contribution in [-0.2, 0) is 0 Å². The third kappa shape index (κ3) is 3.97. The molecule has 0 aliphatic carbocycles. The van der Waals surface area contributed by atoms with Gasteiger partial charge in [0.05, 0.1) is 0 Å². The second-order valence-electron chi connectivity index (χ2n) is 5.91. The van der Waals surface area contributed by atoms with E-state index in [4.69, 9.17) is 0 Å². The maximum Gasteiger partial charge on any atom is 0.253 e. The van der Waals surface area contributed by atoms with Crippen molar-refractivity contribution in [3.63, 3.8) is 0 Å². The lowest BCUT2D eigenvalue weighted by molar-refractivity contribution is 0.0827. The molecular formula is C16H25N3O. The number of anilines is 1. The predicted molar refractivity (Wildman–Crippen MR) is 83.2 cm³/mol. The van der Waals surface area contributed by atoms with Crippen LogP contribution in [0.15, 0.2) is 24.3 Å². The third-order valence-corrected chi connectivity index (χ3v) is 3.95. The van der Waals surface area contributed by atoms with Crippen LogP contribution in [0.4, 0.5) is 5.69 Å². The number of rotatable bonds is 4. The van der Waals surface area contributed by atoms with E-state index < -0.39 is 0 Å². The SMILES string of the molecule is CN1CCC(CNc2cccc(C(=O)N(C)C)c2)CC1. The van der Waals surface area contributed by atoms with Crippen molar-refractivity contribution < 1.29 is 4.79 Å². The van der Waals surface area contributed by atoms with Crippen LogP contribution in [0, 0.1) is 5.92 Å². The summed E-state index contributed by atoms with van der Waals surface area (Å²) in [5, 5.41) is 3.47. The first kappa shape index (κ1) is 14.9. The van der Waals surface area contributed by atoms with Crippen LogP contribution in [-0.4, -0.2) is 56.5 Å². The summed E-state index contributed by atoms with van der Waals surface area (Å²) in [6.07, 6.45) is 2.50. The molecule has 1 amide bonds. The lowest BCUT2D eigenvalue weighted by Crippen LogP contribution is -2.33. The first-order chi connectivity index (χ1) is 9.56. The van der Waals surface area contributed by atoms with E-state index in [1.807, 2.05) is 24.3 Å². The smallest absolute Gasteiger partial charge is 0.253 e. The molecule has 1 N–H and O–H groups in total. The van der Waals surface area contributed by atoms with Crippen molar-refractivity contribution in [2.75, 3.05) is 46.1 Å². The van der Waals surface area contributed by atoms with Crippen molar-refractivity contribution in [1.29, 1.82) is 0 Å². The zero-order valence-electron chi connectivity index (χ0n) is 12.7. The van der Waals surface area contributed by atoms with E-state index in [0.717, 1.165) is 23.7 Å². The van der Waals surface area contributed by atoms with Crippen molar-refractivity contribution in [2.45, 2.75) is 12.8 Å². The van der Waals surface area contributed by atoms with E-state index in [-0.39, 0.29) is 5.91 Å². The predicted octanol–water partition coefficient (Wildman–Crippen LogP) is 2.14. The van der Waals surface area contributed by atoms with Crippen molar-refractivity contribution >= 4 is 11.6 Å². The Morgan fingerprint density at radius 2 is 2.05 bits per heavy atom. The molecule has 20 heavy (non-hydrogen) atoms. The number of benzene rings is 1. The molecule has 110 valence electrons. The molecule has 1 saturated heterocycles. The average molecular weight is 275 g/mol. The zero-order chi connectivity index (χ0) is 14.5. The number of likely N-dealkylation sites (tertiary alicyclic amines) is 1. The topological polar surface area (TPSA) is 35.6 Å². The first-order valence-corrected chi connectivity index (χ1v) is 7.30. The van der Waals surface area contributed by atoms with Gasteiger partial charge in [0, 0.05) is 31.9 Å². The molecular weight excluding hydrogens is 250 g/mol. The summed E-state index contributed by atoms with van der Waals surface area (Å²) >= 11 is 0. The van der Waals surface area contributed by atoms with E-state index >= 15 is 0 Å². The van der Waals surface area contributed by atoms with Gasteiger partial charge in [0.1, 0.15) is 0 Å². The van der Waals surface area contributed by atoms with Crippen LogP contribution >= 0.6 is 0 Å². The third-order valence-electron chi connectivity index (χ3n) is 3.95. The van der Waals surface area contributed by atoms with E-state index in [2.05, 4.69) is 17.3 Å². The minimum Gasteiger partial charge on any atom is -0.385 e. The minimum atomic E-state index is 0.0490. The van der Waals surface area contributed by atoms with Gasteiger partial charge in [0.15, 0.2) is 0 Å². The van der Waals surface area contributed by atoms with Gasteiger partial charge in [-0.2, -0.15) is 0 Å². The molecule has 0 bridgehead atoms. The molecule has 0 spiro atoms. The number of nitrogens with zero attached hydrogens (tertiary/aromatic N) is 2. The molecule has 1 fully saturated rings. The van der Waals surface area contributed by atoms with Crippen LogP contribution in [0.3, 0.4) is 0 Å². The molecule has 4 heteroatoms. The molecule has 1 aliphatic heterocycles. The summed E-state index contributed by atoms with van der Waals surface area (Å²) in [6, 6.07) is 7.77. The number of amides is 1. The molecule has 0 aromatic heterocycles. The van der Waals surface area contributed by atoms with Gasteiger partial charge in [-0.05, 0) is 57.1 Å². The molecule has 1 aromatic rings. The van der Waals surface area contributed by atoms with Crippen molar-refractivity contribution in [3.8, 4) is 0 Å². The standard InChI is InChI=1S/C16H25N3O/c1-18(2)16(20)14-5-4-6-15(11-14)17-12-13-7-9-19(3)10-8-13/h4-6,11,13,17H,7-10,12H2,1-3H3. The molecule has 1 aliphatic rings. The van der Waals surface area contributed by atoms with Gasteiger partial charge in [0.2, 0.25) is 0 Å². The number of piperidine rings is 1. The maximum absolute atomic E-state index is 11.9. The Kier molecular flexibility index (Phi) is 5.01. The summed E-state index contributed by atoms with van der Waals surface area (Å²) < 4.78 is 0. The molecule has 0 radical (unpaired) electrons. The molecule has 0 saturated carbocycles. The molecule has 0 atom stereocenters. The largest absolute Gasteiger partial charge is 0.385 e. The fourth-order valence-electron chi connectivity index (χ4n) is 2.55. The van der Waals surface area contributed by atoms with Crippen LogP contribution in [0.25, 0.3) is 0 Å². The molecule has 2 rings (SSSR count). The summed E-state index contributed by atoms with van der Waals surface area (Å²) in [7, 11) is 5.74. The number of hydrogen-bond acceptors (Lipinski definition) is 3. The zero-order valence-corrected chi connectivity index (χ0v) is 12.7. The molecule has 1 heterocycles. The second-order valence-corrected chi connectivity index (χ2v) is 5.91. The normalized spacial score (nSPS) is 16.9. The van der Waals surface area contributed by atoms with E-state index in [1.54, 1.807) is 19.0 Å². The highest BCUT2D eigenvalue weighted by Crippen LogP contribution is 2.18. The number of nitrogens with one attached hydrogen (secondary N) is 1. The number of hydrogen-bond donors (Lipinski definition) is 1. The van der Waals surface area contributed by atoms with Crippen molar-refractivity contribution in [2.24, 2.45) is 5.92 Å². The highest BCUT2D eigenvalue weighted by Gasteiger charge is 2.16. The van der Waals surface area contributed by atoms with Gasteiger partial charge in [0.25, 0.3) is 5.91 Å². The highest BCUT2D eigenvalue weighted by molar-refractivity contribution is 5.94. The Bertz CT molecular complexity index is 451. The number of carbonyl (C=O) groups is 1. The molecule has 1 aromatic carbocycles. The Morgan fingerprint density at radius 1 is 1.35 bits per heavy atom. The highest BCUT2D eigenvalue weighted by atomic mass is 16.2. The van der Waals surface area contributed by atoms with Crippen LogP contribution in [0.5, 0.6) is 0 Å². The number of carbonyl (C=O) groups excluding carboxylic acids is 1. The molecule has 4 nitrogen and oxygen atoms in total. The fraction of sp³-hybridized carbons (Fsp3) is 0.562. The van der Waals surface area contributed by atoms with Gasteiger partial charge >= 0.3 is 0 Å². The van der Waals surface area contributed by atoms with Crippen LogP contribution in [0.2, 0.25) is 0 Å². The van der Waals surface area contributed by atoms with Gasteiger partial charge in [-0.25, -0.2) is 0 Å². The summed E-state index contributed by atoms with van der Waals surface area (Å²) in [6.45, 7) is 3.37. The van der Waals surface area contributed by atoms with Gasteiger partial charge in [-0.1, -0.05) is 6.07 Å². The maximum atomic E-state index is 11.9. The second kappa shape index (κ2) is 6.75. The van der Waals surface area contributed by atoms with Crippen molar-refractivity contribution in [3.05, 3.63) is 29.8 Å². The Labute approximate surface area is 121 Å². The molecule has 0 unspecified atom stereocenters. The lowest BCUT2D eigenvalue weighted by atomic mass is 9.97.